The Hall–Kier alpha value is -2.56. The van der Waals surface area contributed by atoms with E-state index < -0.39 is 0 Å². The lowest BCUT2D eigenvalue weighted by Gasteiger charge is -2.12. The quantitative estimate of drug-likeness (QED) is 0.820. The summed E-state index contributed by atoms with van der Waals surface area (Å²) in [6.45, 7) is 0. The van der Waals surface area contributed by atoms with E-state index in [4.69, 9.17) is 19.9 Å². The topological polar surface area (TPSA) is 65.7 Å². The van der Waals surface area contributed by atoms with Crippen LogP contribution in [0.25, 0.3) is 0 Å². The maximum atomic E-state index is 5.79. The number of hydrogen-bond donors (Lipinski definition) is 2. The lowest BCUT2D eigenvalue weighted by Crippen LogP contribution is -1.96. The van der Waals surface area contributed by atoms with Gasteiger partial charge in [-0.1, -0.05) is 0 Å². The smallest absolute Gasteiger partial charge is 0.162 e. The number of ether oxygens (including phenoxy) is 3. The number of nitrogens with two attached hydrogens (primary N) is 1. The molecular weight excluding hydrogens is 256 g/mol. The van der Waals surface area contributed by atoms with Crippen LogP contribution >= 0.6 is 0 Å². The number of anilines is 3. The zero-order chi connectivity index (χ0) is 14.5. The molecule has 0 aliphatic heterocycles. The molecule has 2 aromatic carbocycles. The van der Waals surface area contributed by atoms with Gasteiger partial charge in [0.05, 0.1) is 27.0 Å². The Bertz CT molecular complexity index is 600. The van der Waals surface area contributed by atoms with Crippen molar-refractivity contribution >= 4 is 17.1 Å². The van der Waals surface area contributed by atoms with Crippen molar-refractivity contribution in [2.24, 2.45) is 0 Å². The lowest BCUT2D eigenvalue weighted by molar-refractivity contribution is 0.355. The molecule has 0 aliphatic carbocycles. The van der Waals surface area contributed by atoms with Crippen molar-refractivity contribution in [3.63, 3.8) is 0 Å². The molecule has 3 N–H and O–H groups in total. The van der Waals surface area contributed by atoms with Crippen LogP contribution in [0.2, 0.25) is 0 Å². The van der Waals surface area contributed by atoms with E-state index in [-0.39, 0.29) is 0 Å². The highest BCUT2D eigenvalue weighted by Crippen LogP contribution is 2.32. The SMILES string of the molecule is COc1cc(Nc2ccc(OC)c(OC)c2)ccc1N. The molecule has 2 aromatic rings. The van der Waals surface area contributed by atoms with Crippen LogP contribution < -0.4 is 25.3 Å². The molecular formula is C15H18N2O3. The molecule has 0 fully saturated rings. The second-order valence-electron chi connectivity index (χ2n) is 4.15. The zero-order valence-corrected chi connectivity index (χ0v) is 11.8. The number of benzene rings is 2. The minimum Gasteiger partial charge on any atom is -0.495 e. The van der Waals surface area contributed by atoms with Crippen molar-refractivity contribution in [1.82, 2.24) is 0 Å². The summed E-state index contributed by atoms with van der Waals surface area (Å²) in [6.07, 6.45) is 0. The largest absolute Gasteiger partial charge is 0.495 e. The first-order valence-electron chi connectivity index (χ1n) is 6.10. The van der Waals surface area contributed by atoms with E-state index >= 15 is 0 Å². The van der Waals surface area contributed by atoms with Gasteiger partial charge in [0.25, 0.3) is 0 Å². The molecule has 20 heavy (non-hydrogen) atoms. The fourth-order valence-corrected chi connectivity index (χ4v) is 1.87. The van der Waals surface area contributed by atoms with Crippen LogP contribution in [0.3, 0.4) is 0 Å². The molecule has 0 bridgehead atoms. The Morgan fingerprint density at radius 2 is 1.30 bits per heavy atom. The molecule has 0 aliphatic rings. The van der Waals surface area contributed by atoms with E-state index in [9.17, 15) is 0 Å². The summed E-state index contributed by atoms with van der Waals surface area (Å²) >= 11 is 0. The highest BCUT2D eigenvalue weighted by Gasteiger charge is 2.06. The highest BCUT2D eigenvalue weighted by atomic mass is 16.5. The first-order valence-corrected chi connectivity index (χ1v) is 6.10. The highest BCUT2D eigenvalue weighted by molar-refractivity contribution is 5.68. The van der Waals surface area contributed by atoms with Gasteiger partial charge in [-0.15, -0.1) is 0 Å². The molecule has 0 amide bonds. The predicted molar refractivity (Wildman–Crippen MR) is 80.2 cm³/mol. The molecule has 5 heteroatoms. The van der Waals surface area contributed by atoms with Crippen molar-refractivity contribution in [3.8, 4) is 17.2 Å². The third-order valence-electron chi connectivity index (χ3n) is 2.91. The molecule has 2 rings (SSSR count). The summed E-state index contributed by atoms with van der Waals surface area (Å²) in [4.78, 5) is 0. The first-order chi connectivity index (χ1) is 9.67. The Morgan fingerprint density at radius 3 is 1.90 bits per heavy atom. The van der Waals surface area contributed by atoms with Crippen LogP contribution in [-0.2, 0) is 0 Å². The van der Waals surface area contributed by atoms with Crippen molar-refractivity contribution in [2.75, 3.05) is 32.4 Å². The summed E-state index contributed by atoms with van der Waals surface area (Å²) in [7, 11) is 4.80. The van der Waals surface area contributed by atoms with Gasteiger partial charge in [-0.05, 0) is 24.3 Å². The molecule has 0 atom stereocenters. The summed E-state index contributed by atoms with van der Waals surface area (Å²) in [6, 6.07) is 11.1. The summed E-state index contributed by atoms with van der Waals surface area (Å²) in [5, 5.41) is 3.26. The van der Waals surface area contributed by atoms with Gasteiger partial charge in [0.1, 0.15) is 5.75 Å². The Kier molecular flexibility index (Phi) is 4.20. The second-order valence-corrected chi connectivity index (χ2v) is 4.15. The average molecular weight is 274 g/mol. The van der Waals surface area contributed by atoms with Crippen molar-refractivity contribution in [1.29, 1.82) is 0 Å². The molecule has 0 aromatic heterocycles. The maximum absolute atomic E-state index is 5.79. The minimum atomic E-state index is 0.602. The van der Waals surface area contributed by atoms with Crippen molar-refractivity contribution < 1.29 is 14.2 Å². The molecule has 0 radical (unpaired) electrons. The van der Waals surface area contributed by atoms with Gasteiger partial charge in [0.2, 0.25) is 0 Å². The fraction of sp³-hybridized carbons (Fsp3) is 0.200. The van der Waals surface area contributed by atoms with E-state index in [0.29, 0.717) is 22.9 Å². The minimum absolute atomic E-state index is 0.602. The Morgan fingerprint density at radius 1 is 0.750 bits per heavy atom. The van der Waals surface area contributed by atoms with Crippen LogP contribution in [0.15, 0.2) is 36.4 Å². The van der Waals surface area contributed by atoms with E-state index in [2.05, 4.69) is 5.32 Å². The van der Waals surface area contributed by atoms with Gasteiger partial charge in [0.15, 0.2) is 11.5 Å². The zero-order valence-electron chi connectivity index (χ0n) is 11.8. The monoisotopic (exact) mass is 274 g/mol. The van der Waals surface area contributed by atoms with E-state index in [1.54, 1.807) is 27.4 Å². The van der Waals surface area contributed by atoms with Crippen LogP contribution in [0.1, 0.15) is 0 Å². The normalized spacial score (nSPS) is 9.95. The maximum Gasteiger partial charge on any atom is 0.162 e. The van der Waals surface area contributed by atoms with Gasteiger partial charge >= 0.3 is 0 Å². The number of nitrogens with one attached hydrogen (secondary N) is 1. The molecule has 5 nitrogen and oxygen atoms in total. The van der Waals surface area contributed by atoms with E-state index in [0.717, 1.165) is 11.4 Å². The first kappa shape index (κ1) is 13.9. The number of nitrogen functional groups attached to an aromatic ring is 1. The molecule has 0 unspecified atom stereocenters. The lowest BCUT2D eigenvalue weighted by atomic mass is 10.2. The molecule has 106 valence electrons. The van der Waals surface area contributed by atoms with Crippen LogP contribution in [0, 0.1) is 0 Å². The third kappa shape index (κ3) is 2.88. The fourth-order valence-electron chi connectivity index (χ4n) is 1.87. The second kappa shape index (κ2) is 6.06. The summed E-state index contributed by atoms with van der Waals surface area (Å²) < 4.78 is 15.7. The number of methoxy groups -OCH3 is 3. The number of hydrogen-bond acceptors (Lipinski definition) is 5. The molecule has 0 spiro atoms. The van der Waals surface area contributed by atoms with E-state index in [1.165, 1.54) is 0 Å². The standard InChI is InChI=1S/C15H18N2O3/c1-18-13-7-5-11(9-15(13)20-3)17-10-4-6-12(16)14(8-10)19-2/h4-9,17H,16H2,1-3H3. The molecule has 0 saturated carbocycles. The van der Waals surface area contributed by atoms with Gasteiger partial charge in [-0.2, -0.15) is 0 Å². The van der Waals surface area contributed by atoms with Crippen molar-refractivity contribution in [2.45, 2.75) is 0 Å². The molecule has 0 saturated heterocycles. The summed E-state index contributed by atoms with van der Waals surface area (Å²) in [5.74, 6) is 1.99. The van der Waals surface area contributed by atoms with Crippen LogP contribution in [-0.4, -0.2) is 21.3 Å². The summed E-state index contributed by atoms with van der Waals surface area (Å²) in [5.41, 5.74) is 8.15. The van der Waals surface area contributed by atoms with Gasteiger partial charge in [0, 0.05) is 23.5 Å². The van der Waals surface area contributed by atoms with E-state index in [1.807, 2.05) is 30.3 Å². The Balaban J connectivity index is 2.25. The average Bonchev–Trinajstić information content (AvgIpc) is 2.49. The third-order valence-corrected chi connectivity index (χ3v) is 2.91. The molecule has 0 heterocycles. The van der Waals surface area contributed by atoms with Crippen molar-refractivity contribution in [3.05, 3.63) is 36.4 Å². The Labute approximate surface area is 118 Å². The van der Waals surface area contributed by atoms with Crippen LogP contribution in [0.4, 0.5) is 17.1 Å². The van der Waals surface area contributed by atoms with Crippen LogP contribution in [0.5, 0.6) is 17.2 Å². The van der Waals surface area contributed by atoms with Gasteiger partial charge in [-0.3, -0.25) is 0 Å². The number of rotatable bonds is 5. The predicted octanol–water partition coefficient (Wildman–Crippen LogP) is 3.04. The van der Waals surface area contributed by atoms with Gasteiger partial charge in [-0.25, -0.2) is 0 Å². The van der Waals surface area contributed by atoms with Gasteiger partial charge < -0.3 is 25.3 Å².